The molecule has 0 radical (unpaired) electrons. The molecule has 0 spiro atoms. The number of rotatable bonds is 6. The van der Waals surface area contributed by atoms with Crippen molar-refractivity contribution >= 4 is 126 Å². The minimum atomic E-state index is 0.629. The first-order valence-electron chi connectivity index (χ1n) is 28.6. The molecule has 85 heavy (non-hydrogen) atoms. The molecule has 0 aliphatic heterocycles. The number of hydrogen-bond acceptors (Lipinski definition) is 2. The summed E-state index contributed by atoms with van der Waals surface area (Å²) in [6.45, 7) is 7.51. The molecule has 18 aromatic rings. The molecule has 0 N–H and O–H groups in total. The highest BCUT2D eigenvalue weighted by molar-refractivity contribution is 6.23. The number of nitriles is 1. The summed E-state index contributed by atoms with van der Waals surface area (Å²) < 4.78 is 16.5. The van der Waals surface area contributed by atoms with Crippen LogP contribution in [-0.4, -0.2) is 18.3 Å². The zero-order chi connectivity index (χ0) is 56.0. The van der Waals surface area contributed by atoms with E-state index in [9.17, 15) is 5.26 Å². The van der Waals surface area contributed by atoms with Crippen molar-refractivity contribution in [1.29, 1.82) is 5.26 Å². The average molecular weight is 1080 g/mol. The van der Waals surface area contributed by atoms with Gasteiger partial charge in [0.25, 0.3) is 0 Å². The van der Waals surface area contributed by atoms with Crippen molar-refractivity contribution in [3.05, 3.63) is 284 Å². The first-order chi connectivity index (χ1) is 42.0. The van der Waals surface area contributed by atoms with Crippen LogP contribution in [0.15, 0.2) is 271 Å². The van der Waals surface area contributed by atoms with Gasteiger partial charge in [-0.15, -0.1) is 0 Å². The van der Waals surface area contributed by atoms with Gasteiger partial charge in [0, 0.05) is 88.4 Å². The molecule has 0 unspecified atom stereocenters. The lowest BCUT2D eigenvalue weighted by Gasteiger charge is -2.13. The highest BCUT2D eigenvalue weighted by Crippen LogP contribution is 2.45. The van der Waals surface area contributed by atoms with Crippen LogP contribution in [0.4, 0.5) is 5.69 Å². The molecule has 7 heteroatoms. The summed E-state index contributed by atoms with van der Waals surface area (Å²) in [7, 11) is 0. The Morgan fingerprint density at radius 3 is 1.14 bits per heavy atom. The lowest BCUT2D eigenvalue weighted by Crippen LogP contribution is -1.95. The molecule has 0 bridgehead atoms. The van der Waals surface area contributed by atoms with Gasteiger partial charge in [-0.3, -0.25) is 0 Å². The van der Waals surface area contributed by atoms with Crippen LogP contribution in [0.3, 0.4) is 0 Å². The Morgan fingerprint density at radius 2 is 0.682 bits per heavy atom. The molecular formula is C78H44N6O. The normalized spacial score (nSPS) is 12.0. The van der Waals surface area contributed by atoms with E-state index in [2.05, 4.69) is 248 Å². The molecule has 0 saturated heterocycles. The van der Waals surface area contributed by atoms with Crippen molar-refractivity contribution in [1.82, 2.24) is 18.3 Å². The Labute approximate surface area is 485 Å². The fourth-order valence-electron chi connectivity index (χ4n) is 14.0. The number of furan rings is 1. The third-order valence-corrected chi connectivity index (χ3v) is 17.8. The Morgan fingerprint density at radius 1 is 0.306 bits per heavy atom. The molecule has 392 valence electrons. The summed E-state index contributed by atoms with van der Waals surface area (Å²) in [5.74, 6) is 0. The zero-order valence-electron chi connectivity index (χ0n) is 45.5. The summed E-state index contributed by atoms with van der Waals surface area (Å²) in [4.78, 5) is 3.63. The van der Waals surface area contributed by atoms with E-state index in [0.29, 0.717) is 11.3 Å². The van der Waals surface area contributed by atoms with Crippen LogP contribution in [0, 0.1) is 17.9 Å². The van der Waals surface area contributed by atoms with Gasteiger partial charge in [-0.05, 0) is 149 Å². The standard InChI is InChI=1S/C78H44N6O/c1-80-52-28-32-54(33-29-52)82-68-19-9-5-14-58(68)64-41-49(25-37-72(64)82)51-27-39-74-66(43-51)60-16-7-11-21-70(60)84(74)75-45-77-78(61-17-3-2-12-56(61)75)62-35-34-55(44-76(62)85-77)83-69-20-10-6-15-59(69)65-42-50(26-38-73(65)83)48-24-36-71-63(40-48)57-13-4-8-18-67(57)81(71)53-30-22-47(46-79)23-31-53/h2-45H. The van der Waals surface area contributed by atoms with E-state index in [1.165, 1.54) is 43.1 Å². The zero-order valence-corrected chi connectivity index (χ0v) is 45.5. The first-order valence-corrected chi connectivity index (χ1v) is 28.6. The van der Waals surface area contributed by atoms with E-state index < -0.39 is 0 Å². The monoisotopic (exact) mass is 1080 g/mol. The maximum absolute atomic E-state index is 9.51. The minimum Gasteiger partial charge on any atom is -0.456 e. The van der Waals surface area contributed by atoms with Gasteiger partial charge in [0.1, 0.15) is 11.2 Å². The van der Waals surface area contributed by atoms with Crippen LogP contribution < -0.4 is 0 Å². The summed E-state index contributed by atoms with van der Waals surface area (Å²) in [5, 5.41) is 23.4. The number of fused-ring (bicyclic) bond motifs is 17. The van der Waals surface area contributed by atoms with Crippen LogP contribution in [0.2, 0.25) is 0 Å². The van der Waals surface area contributed by atoms with Gasteiger partial charge in [0.05, 0.1) is 68.0 Å². The second-order valence-corrected chi connectivity index (χ2v) is 22.2. The third kappa shape index (κ3) is 6.81. The number of nitrogens with zero attached hydrogens (tertiary/aromatic N) is 6. The van der Waals surface area contributed by atoms with Gasteiger partial charge in [0.15, 0.2) is 5.69 Å². The van der Waals surface area contributed by atoms with E-state index >= 15 is 0 Å². The number of para-hydroxylation sites is 4. The molecule has 0 aliphatic rings. The van der Waals surface area contributed by atoms with Gasteiger partial charge in [-0.1, -0.05) is 133 Å². The Balaban J connectivity index is 0.748. The van der Waals surface area contributed by atoms with Gasteiger partial charge < -0.3 is 22.7 Å². The van der Waals surface area contributed by atoms with Crippen LogP contribution in [0.5, 0.6) is 0 Å². The van der Waals surface area contributed by atoms with Crippen molar-refractivity contribution in [3.8, 4) is 51.1 Å². The van der Waals surface area contributed by atoms with Crippen LogP contribution in [0.25, 0.3) is 170 Å². The molecule has 5 heterocycles. The van der Waals surface area contributed by atoms with Crippen molar-refractivity contribution in [2.75, 3.05) is 0 Å². The Hall–Kier alpha value is -11.9. The molecule has 7 nitrogen and oxygen atoms in total. The minimum absolute atomic E-state index is 0.629. The largest absolute Gasteiger partial charge is 0.456 e. The highest BCUT2D eigenvalue weighted by Gasteiger charge is 2.23. The summed E-state index contributed by atoms with van der Waals surface area (Å²) >= 11 is 0. The second-order valence-electron chi connectivity index (χ2n) is 22.2. The molecule has 0 amide bonds. The number of aromatic nitrogens is 4. The first kappa shape index (κ1) is 46.8. The fourth-order valence-corrected chi connectivity index (χ4v) is 14.0. The molecular weight excluding hydrogens is 1040 g/mol. The van der Waals surface area contributed by atoms with Gasteiger partial charge in [0.2, 0.25) is 0 Å². The average Bonchev–Trinajstić information content (AvgIpc) is 2.18. The predicted octanol–water partition coefficient (Wildman–Crippen LogP) is 20.9. The smallest absolute Gasteiger partial charge is 0.187 e. The summed E-state index contributed by atoms with van der Waals surface area (Å²) in [6.07, 6.45) is 0. The predicted molar refractivity (Wildman–Crippen MR) is 350 cm³/mol. The van der Waals surface area contributed by atoms with E-state index in [1.54, 1.807) is 0 Å². The SMILES string of the molecule is [C-]#[N+]c1ccc(-n2c3ccccc3c3cc(-c4ccc5c(c4)c4ccccc4n5-c4cc5oc6cc(-n7c8ccccc8c8cc(-c9ccc%10c(c9)c9ccccc9n%10-c9ccc(C#N)cc9)ccc87)ccc6c5c5ccccc45)ccc32)cc1. The maximum atomic E-state index is 9.51. The molecule has 13 aromatic carbocycles. The molecule has 0 fully saturated rings. The van der Waals surface area contributed by atoms with Gasteiger partial charge in [-0.2, -0.15) is 5.26 Å². The molecule has 0 aliphatic carbocycles. The lowest BCUT2D eigenvalue weighted by molar-refractivity contribution is 0.668. The Bertz CT molecular complexity index is 5990. The molecule has 18 rings (SSSR count). The Kier molecular flexibility index (Phi) is 9.80. The number of hydrogen-bond donors (Lipinski definition) is 0. The van der Waals surface area contributed by atoms with Crippen molar-refractivity contribution < 1.29 is 4.42 Å². The third-order valence-electron chi connectivity index (χ3n) is 17.8. The second kappa shape index (κ2) is 17.8. The quantitative estimate of drug-likeness (QED) is 0.156. The van der Waals surface area contributed by atoms with Crippen LogP contribution in [-0.2, 0) is 0 Å². The summed E-state index contributed by atoms with van der Waals surface area (Å²) in [5.41, 5.74) is 20.7. The molecule has 5 aromatic heterocycles. The van der Waals surface area contributed by atoms with Crippen molar-refractivity contribution in [2.24, 2.45) is 0 Å². The highest BCUT2D eigenvalue weighted by atomic mass is 16.3. The maximum Gasteiger partial charge on any atom is 0.187 e. The van der Waals surface area contributed by atoms with E-state index in [-0.39, 0.29) is 0 Å². The van der Waals surface area contributed by atoms with E-state index in [1.807, 2.05) is 48.5 Å². The molecule has 0 atom stereocenters. The fraction of sp³-hybridized carbons (Fsp3) is 0. The van der Waals surface area contributed by atoms with Crippen LogP contribution >= 0.6 is 0 Å². The van der Waals surface area contributed by atoms with Crippen molar-refractivity contribution in [3.63, 3.8) is 0 Å². The van der Waals surface area contributed by atoms with Crippen molar-refractivity contribution in [2.45, 2.75) is 0 Å². The topological polar surface area (TPSA) is 61.0 Å². The van der Waals surface area contributed by atoms with Gasteiger partial charge >= 0.3 is 0 Å². The van der Waals surface area contributed by atoms with E-state index in [0.717, 1.165) is 122 Å². The van der Waals surface area contributed by atoms with E-state index in [4.69, 9.17) is 11.0 Å². The van der Waals surface area contributed by atoms with Crippen LogP contribution in [0.1, 0.15) is 5.56 Å². The summed E-state index contributed by atoms with van der Waals surface area (Å²) in [6, 6.07) is 97.6. The number of benzene rings is 13. The molecule has 0 saturated carbocycles. The van der Waals surface area contributed by atoms with Gasteiger partial charge in [-0.25, -0.2) is 4.85 Å². The lowest BCUT2D eigenvalue weighted by atomic mass is 10.0.